The van der Waals surface area contributed by atoms with E-state index < -0.39 is 0 Å². The maximum Gasteiger partial charge on any atom is 0.101 e. The number of para-hydroxylation sites is 1. The van der Waals surface area contributed by atoms with E-state index in [1.54, 1.807) is 0 Å². The number of nitrogens with two attached hydrogens (primary N) is 1. The van der Waals surface area contributed by atoms with Crippen LogP contribution in [0.15, 0.2) is 18.2 Å². The van der Waals surface area contributed by atoms with Crippen LogP contribution in [0.2, 0.25) is 0 Å². The second-order valence-electron chi connectivity index (χ2n) is 5.19. The molecular weight excluding hydrogens is 222 g/mol. The lowest BCUT2D eigenvalue weighted by Crippen LogP contribution is -2.38. The van der Waals surface area contributed by atoms with Crippen LogP contribution in [-0.4, -0.2) is 19.6 Å². The minimum Gasteiger partial charge on any atom is -0.370 e. The van der Waals surface area contributed by atoms with Crippen LogP contribution < -0.4 is 10.6 Å². The van der Waals surface area contributed by atoms with Crippen molar-refractivity contribution in [2.45, 2.75) is 32.2 Å². The lowest BCUT2D eigenvalue weighted by atomic mass is 10.00. The standard InChI is InChI=1S/C15H21N3/c1-11-5-3-7-13(10-17)15(11)18(2)14-8-4-6-12(14)9-16/h3,5,7,12,14H,4,6,8-9,16H2,1-2H3. The first-order valence-corrected chi connectivity index (χ1v) is 6.61. The summed E-state index contributed by atoms with van der Waals surface area (Å²) in [6, 6.07) is 8.68. The number of hydrogen-bond acceptors (Lipinski definition) is 3. The zero-order chi connectivity index (χ0) is 13.1. The van der Waals surface area contributed by atoms with Gasteiger partial charge in [-0.2, -0.15) is 5.26 Å². The molecule has 1 aliphatic rings. The molecule has 96 valence electrons. The van der Waals surface area contributed by atoms with Crippen LogP contribution >= 0.6 is 0 Å². The molecule has 1 aliphatic carbocycles. The summed E-state index contributed by atoms with van der Waals surface area (Å²) >= 11 is 0. The van der Waals surface area contributed by atoms with Crippen molar-refractivity contribution < 1.29 is 0 Å². The van der Waals surface area contributed by atoms with E-state index in [2.05, 4.69) is 31.0 Å². The van der Waals surface area contributed by atoms with Gasteiger partial charge in [0, 0.05) is 13.1 Å². The average Bonchev–Trinajstić information content (AvgIpc) is 2.85. The normalized spacial score (nSPS) is 22.8. The number of anilines is 1. The molecule has 1 saturated carbocycles. The molecule has 1 aromatic rings. The molecule has 2 rings (SSSR count). The Morgan fingerprint density at radius 3 is 2.89 bits per heavy atom. The zero-order valence-corrected chi connectivity index (χ0v) is 11.2. The van der Waals surface area contributed by atoms with Crippen LogP contribution in [0.1, 0.15) is 30.4 Å². The van der Waals surface area contributed by atoms with Gasteiger partial charge in [0.05, 0.1) is 11.3 Å². The molecule has 0 radical (unpaired) electrons. The molecule has 0 amide bonds. The van der Waals surface area contributed by atoms with Crippen LogP contribution in [0.5, 0.6) is 0 Å². The van der Waals surface area contributed by atoms with Crippen molar-refractivity contribution in [3.05, 3.63) is 29.3 Å². The monoisotopic (exact) mass is 243 g/mol. The summed E-state index contributed by atoms with van der Waals surface area (Å²) in [6.07, 6.45) is 3.63. The van der Waals surface area contributed by atoms with E-state index in [1.165, 1.54) is 24.8 Å². The van der Waals surface area contributed by atoms with E-state index in [1.807, 2.05) is 12.1 Å². The van der Waals surface area contributed by atoms with Gasteiger partial charge in [-0.25, -0.2) is 0 Å². The zero-order valence-electron chi connectivity index (χ0n) is 11.2. The van der Waals surface area contributed by atoms with E-state index in [0.717, 1.165) is 17.8 Å². The van der Waals surface area contributed by atoms with Gasteiger partial charge >= 0.3 is 0 Å². The summed E-state index contributed by atoms with van der Waals surface area (Å²) in [7, 11) is 2.10. The highest BCUT2D eigenvalue weighted by atomic mass is 15.1. The molecule has 2 unspecified atom stereocenters. The maximum absolute atomic E-state index is 9.26. The van der Waals surface area contributed by atoms with Gasteiger partial charge in [0.25, 0.3) is 0 Å². The Balaban J connectivity index is 2.34. The Kier molecular flexibility index (Phi) is 3.88. The fourth-order valence-electron chi connectivity index (χ4n) is 3.19. The first kappa shape index (κ1) is 12.9. The molecule has 1 fully saturated rings. The topological polar surface area (TPSA) is 53.0 Å². The van der Waals surface area contributed by atoms with Gasteiger partial charge in [-0.1, -0.05) is 18.6 Å². The average molecular weight is 243 g/mol. The quantitative estimate of drug-likeness (QED) is 0.887. The molecule has 0 spiro atoms. The van der Waals surface area contributed by atoms with Gasteiger partial charge in [0.2, 0.25) is 0 Å². The highest BCUT2D eigenvalue weighted by molar-refractivity contribution is 5.64. The van der Waals surface area contributed by atoms with Crippen molar-refractivity contribution in [3.8, 4) is 6.07 Å². The molecule has 2 N–H and O–H groups in total. The lowest BCUT2D eigenvalue weighted by molar-refractivity contribution is 0.474. The Bertz CT molecular complexity index is 461. The molecule has 0 heterocycles. The van der Waals surface area contributed by atoms with Gasteiger partial charge in [0.15, 0.2) is 0 Å². The summed E-state index contributed by atoms with van der Waals surface area (Å²) in [5, 5.41) is 9.26. The summed E-state index contributed by atoms with van der Waals surface area (Å²) in [4.78, 5) is 2.28. The van der Waals surface area contributed by atoms with Crippen LogP contribution in [-0.2, 0) is 0 Å². The summed E-state index contributed by atoms with van der Waals surface area (Å²) in [5.41, 5.74) is 8.86. The fraction of sp³-hybridized carbons (Fsp3) is 0.533. The van der Waals surface area contributed by atoms with E-state index in [4.69, 9.17) is 5.73 Å². The molecule has 3 nitrogen and oxygen atoms in total. The third kappa shape index (κ3) is 2.21. The number of hydrogen-bond donors (Lipinski definition) is 1. The number of nitriles is 1. The van der Waals surface area contributed by atoms with Gasteiger partial charge in [-0.05, 0) is 43.9 Å². The maximum atomic E-state index is 9.26. The Morgan fingerprint density at radius 2 is 2.22 bits per heavy atom. The van der Waals surface area contributed by atoms with Gasteiger partial charge in [-0.3, -0.25) is 0 Å². The molecule has 3 heteroatoms. The van der Waals surface area contributed by atoms with Gasteiger partial charge < -0.3 is 10.6 Å². The second-order valence-corrected chi connectivity index (χ2v) is 5.19. The molecule has 2 atom stereocenters. The predicted molar refractivity (Wildman–Crippen MR) is 74.5 cm³/mol. The molecule has 0 aromatic heterocycles. The van der Waals surface area contributed by atoms with Crippen molar-refractivity contribution in [1.29, 1.82) is 5.26 Å². The first-order chi connectivity index (χ1) is 8.69. The van der Waals surface area contributed by atoms with E-state index in [0.29, 0.717) is 12.0 Å². The highest BCUT2D eigenvalue weighted by Crippen LogP contribution is 2.34. The summed E-state index contributed by atoms with van der Waals surface area (Å²) < 4.78 is 0. The summed E-state index contributed by atoms with van der Waals surface area (Å²) in [6.45, 7) is 2.81. The number of nitrogens with zero attached hydrogens (tertiary/aromatic N) is 2. The predicted octanol–water partition coefficient (Wildman–Crippen LogP) is 2.43. The minimum atomic E-state index is 0.475. The Morgan fingerprint density at radius 1 is 1.44 bits per heavy atom. The minimum absolute atomic E-state index is 0.475. The van der Waals surface area contributed by atoms with Crippen molar-refractivity contribution >= 4 is 5.69 Å². The van der Waals surface area contributed by atoms with Crippen LogP contribution in [0.25, 0.3) is 0 Å². The first-order valence-electron chi connectivity index (χ1n) is 6.61. The second kappa shape index (κ2) is 5.41. The van der Waals surface area contributed by atoms with Crippen LogP contribution in [0.4, 0.5) is 5.69 Å². The van der Waals surface area contributed by atoms with Crippen molar-refractivity contribution in [1.82, 2.24) is 0 Å². The van der Waals surface area contributed by atoms with E-state index >= 15 is 0 Å². The Labute approximate surface area is 109 Å². The smallest absolute Gasteiger partial charge is 0.101 e. The van der Waals surface area contributed by atoms with E-state index in [9.17, 15) is 5.26 Å². The van der Waals surface area contributed by atoms with Crippen molar-refractivity contribution in [2.75, 3.05) is 18.5 Å². The number of benzene rings is 1. The number of aryl methyl sites for hydroxylation is 1. The number of rotatable bonds is 3. The largest absolute Gasteiger partial charge is 0.370 e. The molecule has 0 saturated heterocycles. The van der Waals surface area contributed by atoms with Gasteiger partial charge in [0.1, 0.15) is 6.07 Å². The fourth-order valence-corrected chi connectivity index (χ4v) is 3.19. The molecular formula is C15H21N3. The summed E-state index contributed by atoms with van der Waals surface area (Å²) in [5.74, 6) is 0.557. The highest BCUT2D eigenvalue weighted by Gasteiger charge is 2.30. The third-order valence-electron chi connectivity index (χ3n) is 4.13. The third-order valence-corrected chi connectivity index (χ3v) is 4.13. The van der Waals surface area contributed by atoms with Gasteiger partial charge in [-0.15, -0.1) is 0 Å². The SMILES string of the molecule is Cc1cccc(C#N)c1N(C)C1CCCC1CN. The molecule has 1 aromatic carbocycles. The van der Waals surface area contributed by atoms with Crippen molar-refractivity contribution in [2.24, 2.45) is 11.7 Å². The Hall–Kier alpha value is -1.53. The molecule has 18 heavy (non-hydrogen) atoms. The van der Waals surface area contributed by atoms with E-state index in [-0.39, 0.29) is 0 Å². The van der Waals surface area contributed by atoms with Crippen LogP contribution in [0, 0.1) is 24.2 Å². The van der Waals surface area contributed by atoms with Crippen molar-refractivity contribution in [3.63, 3.8) is 0 Å². The van der Waals surface area contributed by atoms with Crippen LogP contribution in [0.3, 0.4) is 0 Å². The molecule has 0 aliphatic heterocycles. The molecule has 0 bridgehead atoms. The lowest BCUT2D eigenvalue weighted by Gasteiger charge is -2.32.